The van der Waals surface area contributed by atoms with Gasteiger partial charge in [0.2, 0.25) is 5.91 Å². The Morgan fingerprint density at radius 1 is 0.402 bits per heavy atom. The molecule has 0 aromatic rings. The molecule has 0 aromatic heterocycles. The first-order chi connectivity index (χ1) is 42.8. The van der Waals surface area contributed by atoms with Crippen molar-refractivity contribution in [1.29, 1.82) is 0 Å². The number of allylic oxidation sites excluding steroid dienone is 15. The summed E-state index contributed by atoms with van der Waals surface area (Å²) in [6.07, 6.45) is 89.6. The summed E-state index contributed by atoms with van der Waals surface area (Å²) in [7, 11) is 0. The molecule has 1 aliphatic heterocycles. The van der Waals surface area contributed by atoms with Crippen LogP contribution in [0.15, 0.2) is 97.2 Å². The molecule has 87 heavy (non-hydrogen) atoms. The molecule has 6 N–H and O–H groups in total. The predicted octanol–water partition coefficient (Wildman–Crippen LogP) is 20.6. The number of nitrogens with one attached hydrogen (secondary N) is 1. The van der Waals surface area contributed by atoms with E-state index in [1.807, 2.05) is 6.08 Å². The van der Waals surface area contributed by atoms with Crippen molar-refractivity contribution in [3.8, 4) is 0 Å². The highest BCUT2D eigenvalue weighted by Gasteiger charge is 2.44. The zero-order valence-electron chi connectivity index (χ0n) is 56.5. The number of hydrogen-bond acceptors (Lipinski definition) is 8. The van der Waals surface area contributed by atoms with Gasteiger partial charge in [0.1, 0.15) is 24.4 Å². The number of unbranched alkanes of at least 4 members (excludes halogenated alkanes) is 40. The van der Waals surface area contributed by atoms with E-state index < -0.39 is 49.5 Å². The summed E-state index contributed by atoms with van der Waals surface area (Å²) in [4.78, 5) is 13.1. The number of aliphatic hydroxyl groups excluding tert-OH is 5. The smallest absolute Gasteiger partial charge is 0.220 e. The third-order valence-corrected chi connectivity index (χ3v) is 17.1. The zero-order valence-corrected chi connectivity index (χ0v) is 56.5. The number of carbonyl (C=O) groups excluding carboxylic acids is 1. The third-order valence-electron chi connectivity index (χ3n) is 17.1. The lowest BCUT2D eigenvalue weighted by atomic mass is 9.99. The second-order valence-corrected chi connectivity index (χ2v) is 25.3. The van der Waals surface area contributed by atoms with Crippen LogP contribution in [0.2, 0.25) is 0 Å². The van der Waals surface area contributed by atoms with E-state index in [1.165, 1.54) is 238 Å². The van der Waals surface area contributed by atoms with E-state index in [2.05, 4.69) is 104 Å². The predicted molar refractivity (Wildman–Crippen MR) is 373 cm³/mol. The van der Waals surface area contributed by atoms with Crippen LogP contribution in [-0.4, -0.2) is 87.5 Å². The monoisotopic (exact) mass is 1220 g/mol. The van der Waals surface area contributed by atoms with Crippen LogP contribution >= 0.6 is 0 Å². The molecular weight excluding hydrogens is 1080 g/mol. The van der Waals surface area contributed by atoms with E-state index >= 15 is 0 Å². The summed E-state index contributed by atoms with van der Waals surface area (Å²) in [6, 6.07) is -0.826. The molecule has 7 atom stereocenters. The molecule has 0 radical (unpaired) electrons. The fourth-order valence-electron chi connectivity index (χ4n) is 11.4. The lowest BCUT2D eigenvalue weighted by molar-refractivity contribution is -0.302. The molecule has 0 spiro atoms. The maximum Gasteiger partial charge on any atom is 0.220 e. The van der Waals surface area contributed by atoms with Gasteiger partial charge >= 0.3 is 0 Å². The minimum absolute atomic E-state index is 0.183. The van der Waals surface area contributed by atoms with Gasteiger partial charge in [0.25, 0.3) is 0 Å². The first-order valence-electron chi connectivity index (χ1n) is 37.0. The van der Waals surface area contributed by atoms with Gasteiger partial charge < -0.3 is 40.3 Å². The number of carbonyl (C=O) groups is 1. The summed E-state index contributed by atoms with van der Waals surface area (Å²) in [6.45, 7) is 3.69. The molecule has 0 aromatic carbocycles. The normalized spacial score (nSPS) is 18.5. The van der Waals surface area contributed by atoms with Gasteiger partial charge in [-0.3, -0.25) is 4.79 Å². The molecule has 0 aliphatic carbocycles. The maximum absolute atomic E-state index is 13.1. The number of aliphatic hydroxyl groups is 5. The first-order valence-corrected chi connectivity index (χ1v) is 37.0. The van der Waals surface area contributed by atoms with Crippen molar-refractivity contribution in [2.24, 2.45) is 0 Å². The molecule has 504 valence electrons. The highest BCUT2D eigenvalue weighted by molar-refractivity contribution is 5.76. The van der Waals surface area contributed by atoms with E-state index in [-0.39, 0.29) is 12.5 Å². The molecule has 7 unspecified atom stereocenters. The standard InChI is InChI=1S/C78H139NO8/c1-3-5-7-9-11-13-15-17-19-21-23-25-27-29-30-31-32-33-34-35-36-37-38-39-40-41-42-44-46-48-50-52-54-56-58-60-62-64-66-68-74(82)79-71(70-86-78-77(85)76(84)75(83)73(69-80)87-78)72(81)67-65-63-61-59-57-55-53-51-49-47-45-43-28-26-24-22-20-18-16-14-12-10-8-6-4-2/h5,7,11,13,17,19,23,25,29-30,32-33,57,59,65,67,71-73,75-78,80-81,83-85H,3-4,6,8-10,12,14-16,18,20-22,24,26-28,31,34-56,58,60-64,66,68-70H2,1-2H3,(H,79,82)/b7-5-,13-11-,19-17-,25-23-,30-29-,33-32-,59-57+,67-65+. The summed E-state index contributed by atoms with van der Waals surface area (Å²) in [5, 5.41) is 54.8. The Morgan fingerprint density at radius 3 is 1.10 bits per heavy atom. The SMILES string of the molecule is CC/C=C\C/C=C\C/C=C\C/C=C\C/C=C\C/C=C\CCCCCCCCCCCCCCCCCCCCCCC(=O)NC(COC1OC(CO)C(O)C(O)C1O)C(O)/C=C/CC/C=C/CCCCCCCCCCCCCCCCCCCCC. The van der Waals surface area contributed by atoms with Crippen molar-refractivity contribution in [1.82, 2.24) is 5.32 Å². The highest BCUT2D eigenvalue weighted by Crippen LogP contribution is 2.23. The molecule has 1 aliphatic rings. The Morgan fingerprint density at radius 2 is 0.724 bits per heavy atom. The average Bonchev–Trinajstić information content (AvgIpc) is 3.38. The van der Waals surface area contributed by atoms with Crippen molar-refractivity contribution in [2.75, 3.05) is 13.2 Å². The molecular formula is C78H139NO8. The third kappa shape index (κ3) is 54.6. The fraction of sp³-hybridized carbons (Fsp3) is 0.782. The Balaban J connectivity index is 2.10. The molecule has 0 bridgehead atoms. The van der Waals surface area contributed by atoms with Gasteiger partial charge in [0.15, 0.2) is 6.29 Å². The van der Waals surface area contributed by atoms with Crippen LogP contribution in [-0.2, 0) is 14.3 Å². The van der Waals surface area contributed by atoms with Crippen LogP contribution in [0, 0.1) is 0 Å². The Bertz CT molecular complexity index is 1700. The molecule has 1 saturated heterocycles. The molecule has 1 heterocycles. The Labute approximate surface area is 536 Å². The number of hydrogen-bond donors (Lipinski definition) is 6. The van der Waals surface area contributed by atoms with Crippen molar-refractivity contribution in [3.63, 3.8) is 0 Å². The molecule has 1 fully saturated rings. The van der Waals surface area contributed by atoms with Gasteiger partial charge in [-0.1, -0.05) is 342 Å². The summed E-state index contributed by atoms with van der Waals surface area (Å²) < 4.78 is 11.3. The number of rotatable bonds is 64. The van der Waals surface area contributed by atoms with Gasteiger partial charge in [-0.2, -0.15) is 0 Å². The molecule has 1 rings (SSSR count). The van der Waals surface area contributed by atoms with Crippen LogP contribution in [0.3, 0.4) is 0 Å². The molecule has 1 amide bonds. The van der Waals surface area contributed by atoms with Crippen LogP contribution in [0.25, 0.3) is 0 Å². The largest absolute Gasteiger partial charge is 0.394 e. The second kappa shape index (κ2) is 66.0. The van der Waals surface area contributed by atoms with E-state index in [1.54, 1.807) is 6.08 Å². The van der Waals surface area contributed by atoms with Crippen molar-refractivity contribution in [2.45, 2.75) is 378 Å². The maximum atomic E-state index is 13.1. The van der Waals surface area contributed by atoms with Gasteiger partial charge in [0, 0.05) is 6.42 Å². The van der Waals surface area contributed by atoms with Gasteiger partial charge in [-0.15, -0.1) is 0 Å². The van der Waals surface area contributed by atoms with E-state index in [4.69, 9.17) is 9.47 Å². The van der Waals surface area contributed by atoms with Crippen molar-refractivity contribution < 1.29 is 39.8 Å². The van der Waals surface area contributed by atoms with Crippen LogP contribution < -0.4 is 5.32 Å². The lowest BCUT2D eigenvalue weighted by Crippen LogP contribution is -2.60. The Kier molecular flexibility index (Phi) is 62.3. The van der Waals surface area contributed by atoms with E-state index in [9.17, 15) is 30.3 Å². The Hall–Kier alpha value is -2.89. The van der Waals surface area contributed by atoms with Crippen molar-refractivity contribution >= 4 is 5.91 Å². The van der Waals surface area contributed by atoms with Gasteiger partial charge in [-0.25, -0.2) is 0 Å². The van der Waals surface area contributed by atoms with Crippen LogP contribution in [0.5, 0.6) is 0 Å². The lowest BCUT2D eigenvalue weighted by Gasteiger charge is -2.40. The van der Waals surface area contributed by atoms with E-state index in [0.717, 1.165) is 77.0 Å². The number of ether oxygens (including phenoxy) is 2. The topological polar surface area (TPSA) is 149 Å². The van der Waals surface area contributed by atoms with Crippen molar-refractivity contribution in [3.05, 3.63) is 97.2 Å². The minimum Gasteiger partial charge on any atom is -0.394 e. The average molecular weight is 1220 g/mol. The van der Waals surface area contributed by atoms with Crippen LogP contribution in [0.1, 0.15) is 335 Å². The van der Waals surface area contributed by atoms with Gasteiger partial charge in [-0.05, 0) is 83.5 Å². The number of amides is 1. The minimum atomic E-state index is -1.58. The molecule has 0 saturated carbocycles. The first kappa shape index (κ1) is 82.1. The van der Waals surface area contributed by atoms with Gasteiger partial charge in [0.05, 0.1) is 25.4 Å². The molecule has 9 heteroatoms. The summed E-state index contributed by atoms with van der Waals surface area (Å²) in [5.74, 6) is -0.183. The fourth-order valence-corrected chi connectivity index (χ4v) is 11.4. The zero-order chi connectivity index (χ0) is 62.8. The van der Waals surface area contributed by atoms with E-state index in [0.29, 0.717) is 6.42 Å². The quantitative estimate of drug-likeness (QED) is 0.0261. The highest BCUT2D eigenvalue weighted by atomic mass is 16.7. The summed E-state index contributed by atoms with van der Waals surface area (Å²) in [5.41, 5.74) is 0. The second-order valence-electron chi connectivity index (χ2n) is 25.3. The molecule has 9 nitrogen and oxygen atoms in total. The van der Waals surface area contributed by atoms with Crippen LogP contribution in [0.4, 0.5) is 0 Å². The summed E-state index contributed by atoms with van der Waals surface area (Å²) >= 11 is 0.